The Morgan fingerprint density at radius 3 is 2.63 bits per heavy atom. The van der Waals surface area contributed by atoms with Crippen LogP contribution in [0.4, 0.5) is 4.39 Å². The highest BCUT2D eigenvalue weighted by atomic mass is 32.2. The molecule has 0 bridgehead atoms. The van der Waals surface area contributed by atoms with Crippen LogP contribution in [0.15, 0.2) is 27.9 Å². The third-order valence-electron chi connectivity index (χ3n) is 4.85. The van der Waals surface area contributed by atoms with Gasteiger partial charge in [-0.1, -0.05) is 0 Å². The molecule has 1 fully saturated rings. The Morgan fingerprint density at radius 1 is 1.37 bits per heavy atom. The fourth-order valence-corrected chi connectivity index (χ4v) is 5.15. The molecular formula is C18H26FN5O4S2. The molecule has 1 aromatic carbocycles. The first-order chi connectivity index (χ1) is 14.1. The van der Waals surface area contributed by atoms with Gasteiger partial charge < -0.3 is 4.74 Å². The second kappa shape index (κ2) is 8.61. The average molecular weight is 460 g/mol. The maximum atomic E-state index is 13.2. The van der Waals surface area contributed by atoms with E-state index in [-0.39, 0.29) is 22.1 Å². The Labute approximate surface area is 179 Å². The molecule has 0 amide bonds. The van der Waals surface area contributed by atoms with Crippen LogP contribution in [0.2, 0.25) is 0 Å². The monoisotopic (exact) mass is 459 g/mol. The van der Waals surface area contributed by atoms with Gasteiger partial charge in [0, 0.05) is 21.7 Å². The molecule has 0 atom stereocenters. The van der Waals surface area contributed by atoms with Gasteiger partial charge >= 0.3 is 5.69 Å². The van der Waals surface area contributed by atoms with Crippen LogP contribution in [0, 0.1) is 10.8 Å². The predicted octanol–water partition coefficient (Wildman–Crippen LogP) is 2.38. The smallest absolute Gasteiger partial charge is 0.335 e. The second-order valence-corrected chi connectivity index (χ2v) is 10.1. The molecule has 3 rings (SSSR count). The van der Waals surface area contributed by atoms with E-state index in [4.69, 9.17) is 15.6 Å². The Kier molecular flexibility index (Phi) is 6.51. The number of sulfonamides is 1. The van der Waals surface area contributed by atoms with Gasteiger partial charge in [0.2, 0.25) is 10.0 Å². The number of rotatable bonds is 8. The van der Waals surface area contributed by atoms with E-state index >= 15 is 0 Å². The molecule has 2 aromatic rings. The number of aryl methyl sites for hydroxylation is 1. The van der Waals surface area contributed by atoms with Crippen LogP contribution in [-0.2, 0) is 21.3 Å². The highest BCUT2D eigenvalue weighted by Gasteiger charge is 2.46. The number of imidazole rings is 1. The van der Waals surface area contributed by atoms with Crippen molar-refractivity contribution >= 4 is 43.0 Å². The minimum absolute atomic E-state index is 0. The van der Waals surface area contributed by atoms with Crippen molar-refractivity contribution in [1.82, 2.24) is 13.9 Å². The van der Waals surface area contributed by atoms with Gasteiger partial charge in [-0.05, 0) is 56.1 Å². The lowest BCUT2D eigenvalue weighted by Crippen LogP contribution is -2.38. The Hall–Kier alpha value is -2.02. The molecule has 3 N–H and O–H groups in total. The van der Waals surface area contributed by atoms with Gasteiger partial charge in [0.1, 0.15) is 6.67 Å². The molecule has 0 saturated heterocycles. The van der Waals surface area contributed by atoms with E-state index in [1.807, 2.05) is 0 Å². The largest absolute Gasteiger partial charge is 0.385 e. The fraction of sp³-hybridized carbons (Fsp3) is 0.500. The molecule has 12 heteroatoms. The lowest BCUT2D eigenvalue weighted by Gasteiger charge is -2.14. The van der Waals surface area contributed by atoms with Gasteiger partial charge in [-0.25, -0.2) is 26.9 Å². The van der Waals surface area contributed by atoms with Crippen LogP contribution in [0.25, 0.3) is 11.0 Å². The Morgan fingerprint density at radius 2 is 2.07 bits per heavy atom. The second-order valence-electron chi connectivity index (χ2n) is 7.25. The van der Waals surface area contributed by atoms with E-state index in [0.29, 0.717) is 37.9 Å². The quantitative estimate of drug-likeness (QED) is 0.317. The van der Waals surface area contributed by atoms with E-state index in [9.17, 15) is 17.6 Å². The number of hydrogen-bond acceptors (Lipinski definition) is 7. The lowest BCUT2D eigenvalue weighted by atomic mass is 10.3. The molecule has 0 unspecified atom stereocenters. The Balaban J connectivity index is 0.00000341. The fourth-order valence-electron chi connectivity index (χ4n) is 3.13. The standard InChI is InChI=1S/C18H24FN5O4S2.H2/c1-12(20)29-16(21)24-15-10-13(30(26,27)22-18(11-19)6-7-18)4-5-14(15)23(17(24)25)8-3-9-28-2;/h4-5,10,20-22H,3,6-9,11H2,1-2H3;1H. The normalized spacial score (nSPS) is 15.4. The van der Waals surface area contributed by atoms with Crippen molar-refractivity contribution in [3.8, 4) is 0 Å². The minimum atomic E-state index is -4.00. The summed E-state index contributed by atoms with van der Waals surface area (Å²) in [6.07, 6.45) is 1.43. The van der Waals surface area contributed by atoms with Gasteiger partial charge in [-0.3, -0.25) is 15.4 Å². The topological polar surface area (TPSA) is 130 Å². The number of methoxy groups -OCH3 is 1. The summed E-state index contributed by atoms with van der Waals surface area (Å²) >= 11 is 0.792. The van der Waals surface area contributed by atoms with Gasteiger partial charge in [-0.15, -0.1) is 0 Å². The number of aromatic nitrogens is 2. The van der Waals surface area contributed by atoms with Crippen LogP contribution in [0.1, 0.15) is 27.6 Å². The summed E-state index contributed by atoms with van der Waals surface area (Å²) in [5.74, 6) is 0. The number of alkyl halides is 1. The summed E-state index contributed by atoms with van der Waals surface area (Å²) in [6.45, 7) is 1.47. The van der Waals surface area contributed by atoms with E-state index in [1.54, 1.807) is 7.11 Å². The molecule has 1 aliphatic rings. The molecule has 1 aromatic heterocycles. The number of fused-ring (bicyclic) bond motifs is 1. The van der Waals surface area contributed by atoms with Crippen molar-refractivity contribution in [2.24, 2.45) is 0 Å². The summed E-state index contributed by atoms with van der Waals surface area (Å²) in [4.78, 5) is 12.9. The number of thioether (sulfide) groups is 1. The van der Waals surface area contributed by atoms with Crippen molar-refractivity contribution in [2.75, 3.05) is 20.4 Å². The summed E-state index contributed by atoms with van der Waals surface area (Å²) in [5.41, 5.74) is -0.831. The highest BCUT2D eigenvalue weighted by molar-refractivity contribution is 8.26. The number of nitrogens with one attached hydrogen (secondary N) is 3. The highest BCUT2D eigenvalue weighted by Crippen LogP contribution is 2.37. The molecule has 30 heavy (non-hydrogen) atoms. The Bertz CT molecular complexity index is 1160. The zero-order valence-electron chi connectivity index (χ0n) is 16.7. The summed E-state index contributed by atoms with van der Waals surface area (Å²) in [6, 6.07) is 4.20. The summed E-state index contributed by atoms with van der Waals surface area (Å²) < 4.78 is 48.7. The van der Waals surface area contributed by atoms with Gasteiger partial charge in [0.25, 0.3) is 0 Å². The molecule has 166 valence electrons. The number of hydrogen-bond donors (Lipinski definition) is 3. The van der Waals surface area contributed by atoms with Gasteiger partial charge in [-0.2, -0.15) is 0 Å². The number of benzene rings is 1. The molecule has 1 aliphatic carbocycles. The van der Waals surface area contributed by atoms with Crippen molar-refractivity contribution in [3.05, 3.63) is 28.7 Å². The number of ether oxygens (including phenoxy) is 1. The maximum absolute atomic E-state index is 13.2. The average Bonchev–Trinajstić information content (AvgIpc) is 3.38. The molecule has 1 heterocycles. The van der Waals surface area contributed by atoms with Crippen molar-refractivity contribution < 1.29 is 19.0 Å². The van der Waals surface area contributed by atoms with Crippen molar-refractivity contribution in [3.63, 3.8) is 0 Å². The molecule has 9 nitrogen and oxygen atoms in total. The van der Waals surface area contributed by atoms with E-state index in [0.717, 1.165) is 16.3 Å². The number of nitrogens with zero attached hydrogens (tertiary/aromatic N) is 2. The SMILES string of the molecule is COCCCn1c(=O)n(C(=N)SC(C)=N)c2cc(S(=O)(=O)NC3(CF)CC3)ccc21.[HH]. The summed E-state index contributed by atoms with van der Waals surface area (Å²) in [7, 11) is -2.45. The molecule has 0 aliphatic heterocycles. The first-order valence-corrected chi connectivity index (χ1v) is 11.6. The molecule has 0 radical (unpaired) electrons. The maximum Gasteiger partial charge on any atom is 0.335 e. The first-order valence-electron chi connectivity index (χ1n) is 9.30. The van der Waals surface area contributed by atoms with Crippen molar-refractivity contribution in [1.29, 1.82) is 10.8 Å². The van der Waals surface area contributed by atoms with Crippen LogP contribution in [0.5, 0.6) is 0 Å². The zero-order chi connectivity index (χ0) is 22.1. The van der Waals surface area contributed by atoms with Crippen LogP contribution in [-0.4, -0.2) is 53.7 Å². The lowest BCUT2D eigenvalue weighted by molar-refractivity contribution is 0.190. The van der Waals surface area contributed by atoms with Crippen LogP contribution >= 0.6 is 11.8 Å². The molecule has 1 saturated carbocycles. The predicted molar refractivity (Wildman–Crippen MR) is 117 cm³/mol. The molecular weight excluding hydrogens is 433 g/mol. The van der Waals surface area contributed by atoms with E-state index in [2.05, 4.69) is 4.72 Å². The van der Waals surface area contributed by atoms with Gasteiger partial charge in [0.15, 0.2) is 5.17 Å². The van der Waals surface area contributed by atoms with Crippen LogP contribution < -0.4 is 10.4 Å². The molecule has 0 spiro atoms. The summed E-state index contributed by atoms with van der Waals surface area (Å²) in [5, 5.41) is 15.8. The zero-order valence-corrected chi connectivity index (χ0v) is 18.3. The number of halogens is 1. The van der Waals surface area contributed by atoms with E-state index < -0.39 is 27.9 Å². The van der Waals surface area contributed by atoms with E-state index in [1.165, 1.54) is 29.7 Å². The van der Waals surface area contributed by atoms with Gasteiger partial charge in [0.05, 0.1) is 26.5 Å². The third-order valence-corrected chi connectivity index (χ3v) is 7.11. The minimum Gasteiger partial charge on any atom is -0.385 e. The third kappa shape index (κ3) is 4.51. The van der Waals surface area contributed by atoms with Crippen molar-refractivity contribution in [2.45, 2.75) is 43.2 Å². The first kappa shape index (κ1) is 22.7. The van der Waals surface area contributed by atoms with Crippen LogP contribution in [0.3, 0.4) is 0 Å².